The van der Waals surface area contributed by atoms with Crippen molar-refractivity contribution in [1.29, 1.82) is 0 Å². The molecule has 0 spiro atoms. The second kappa shape index (κ2) is 1.99. The molecule has 4 aliphatic carbocycles. The van der Waals surface area contributed by atoms with Gasteiger partial charge in [-0.15, -0.1) is 0 Å². The van der Waals surface area contributed by atoms with Gasteiger partial charge in [-0.1, -0.05) is 27.7 Å². The molecule has 0 nitrogen and oxygen atoms in total. The van der Waals surface area contributed by atoms with Crippen molar-refractivity contribution in [2.45, 2.75) is 47.0 Å². The fraction of sp³-hybridized carbons (Fsp3) is 1.00. The fourth-order valence-corrected chi connectivity index (χ4v) is 6.09. The molecule has 13 heavy (non-hydrogen) atoms. The standard InChI is InChI=1S/C13H22/c1-8-5-9(2)11-10(8)12(3)6-13(11,4)7-12/h8-11H,5-7H2,1-4H3. The third-order valence-corrected chi connectivity index (χ3v) is 5.58. The molecule has 4 rings (SSSR count). The molecule has 0 heteroatoms. The average Bonchev–Trinajstić information content (AvgIpc) is 2.41. The number of rotatable bonds is 0. The van der Waals surface area contributed by atoms with Crippen LogP contribution in [-0.2, 0) is 0 Å². The summed E-state index contributed by atoms with van der Waals surface area (Å²) in [5.74, 6) is 4.17. The Hall–Kier alpha value is 0. The summed E-state index contributed by atoms with van der Waals surface area (Å²) in [6.07, 6.45) is 4.56. The van der Waals surface area contributed by atoms with Crippen LogP contribution in [0.2, 0.25) is 0 Å². The van der Waals surface area contributed by atoms with E-state index in [9.17, 15) is 0 Å². The van der Waals surface area contributed by atoms with Crippen LogP contribution >= 0.6 is 0 Å². The van der Waals surface area contributed by atoms with Crippen LogP contribution in [0.1, 0.15) is 47.0 Å². The van der Waals surface area contributed by atoms with Crippen molar-refractivity contribution in [2.75, 3.05) is 0 Å². The molecule has 74 valence electrons. The molecule has 4 unspecified atom stereocenters. The van der Waals surface area contributed by atoms with Gasteiger partial charge in [0.15, 0.2) is 0 Å². The topological polar surface area (TPSA) is 0 Å². The van der Waals surface area contributed by atoms with E-state index < -0.39 is 0 Å². The van der Waals surface area contributed by atoms with Crippen LogP contribution in [0.5, 0.6) is 0 Å². The van der Waals surface area contributed by atoms with Crippen molar-refractivity contribution in [1.82, 2.24) is 0 Å². The highest BCUT2D eigenvalue weighted by molar-refractivity contribution is 5.19. The fourth-order valence-electron chi connectivity index (χ4n) is 6.09. The minimum absolute atomic E-state index is 0.754. The molecule has 0 heterocycles. The molecule has 2 bridgehead atoms. The van der Waals surface area contributed by atoms with Crippen molar-refractivity contribution in [3.8, 4) is 0 Å². The third kappa shape index (κ3) is 0.750. The summed E-state index contributed by atoms with van der Waals surface area (Å²) in [5, 5.41) is 0. The van der Waals surface area contributed by atoms with Crippen molar-refractivity contribution >= 4 is 0 Å². The van der Waals surface area contributed by atoms with Crippen molar-refractivity contribution in [3.05, 3.63) is 0 Å². The molecule has 0 saturated heterocycles. The van der Waals surface area contributed by atoms with Gasteiger partial charge < -0.3 is 0 Å². The Morgan fingerprint density at radius 2 is 1.23 bits per heavy atom. The summed E-state index contributed by atoms with van der Waals surface area (Å²) in [6.45, 7) is 10.1. The second-order valence-electron chi connectivity index (χ2n) is 6.90. The number of hydrogen-bond acceptors (Lipinski definition) is 0. The molecule has 0 N–H and O–H groups in total. The smallest absolute Gasteiger partial charge is 0.0281 e. The zero-order valence-electron chi connectivity index (χ0n) is 9.43. The molecular weight excluding hydrogens is 156 g/mol. The Morgan fingerprint density at radius 1 is 0.846 bits per heavy atom. The molecule has 0 aromatic carbocycles. The van der Waals surface area contributed by atoms with Crippen molar-refractivity contribution in [3.63, 3.8) is 0 Å². The molecule has 0 aliphatic heterocycles. The van der Waals surface area contributed by atoms with Crippen molar-refractivity contribution in [2.24, 2.45) is 34.5 Å². The van der Waals surface area contributed by atoms with Crippen LogP contribution in [0, 0.1) is 34.5 Å². The van der Waals surface area contributed by atoms with Gasteiger partial charge in [-0.2, -0.15) is 0 Å². The first kappa shape index (κ1) is 8.32. The highest BCUT2D eigenvalue weighted by atomic mass is 14.7. The lowest BCUT2D eigenvalue weighted by atomic mass is 9.58. The predicted octanol–water partition coefficient (Wildman–Crippen LogP) is 3.71. The molecular formula is C13H22. The Bertz CT molecular complexity index is 223. The largest absolute Gasteiger partial charge is 0.0622 e. The maximum absolute atomic E-state index is 2.55. The molecule has 0 radical (unpaired) electrons. The SMILES string of the molecule is CC1CC(C)C2C1C1(C)CC2(C)C1. The molecule has 4 atom stereocenters. The van der Waals surface area contributed by atoms with E-state index in [0.29, 0.717) is 0 Å². The van der Waals surface area contributed by atoms with Crippen LogP contribution < -0.4 is 0 Å². The van der Waals surface area contributed by atoms with E-state index in [2.05, 4.69) is 27.7 Å². The van der Waals surface area contributed by atoms with Crippen LogP contribution in [0.3, 0.4) is 0 Å². The second-order valence-corrected chi connectivity index (χ2v) is 6.90. The lowest BCUT2D eigenvalue weighted by Crippen LogP contribution is -2.38. The van der Waals surface area contributed by atoms with Gasteiger partial charge in [-0.3, -0.25) is 0 Å². The van der Waals surface area contributed by atoms with Crippen molar-refractivity contribution < 1.29 is 0 Å². The summed E-state index contributed by atoms with van der Waals surface area (Å²) in [7, 11) is 0. The first-order valence-corrected chi connectivity index (χ1v) is 5.96. The highest BCUT2D eigenvalue weighted by Gasteiger charge is 2.70. The Morgan fingerprint density at radius 3 is 1.62 bits per heavy atom. The molecule has 4 aliphatic rings. The van der Waals surface area contributed by atoms with Gasteiger partial charge in [0.05, 0.1) is 0 Å². The van der Waals surface area contributed by atoms with E-state index in [-0.39, 0.29) is 0 Å². The van der Waals surface area contributed by atoms with Crippen LogP contribution in [0.15, 0.2) is 0 Å². The van der Waals surface area contributed by atoms with E-state index in [4.69, 9.17) is 0 Å². The normalized spacial score (nSPS) is 69.2. The minimum atomic E-state index is 0.754. The molecule has 0 amide bonds. The summed E-state index contributed by atoms with van der Waals surface area (Å²) < 4.78 is 0. The minimum Gasteiger partial charge on any atom is -0.0622 e. The number of hydrogen-bond donors (Lipinski definition) is 0. The van der Waals surface area contributed by atoms with Gasteiger partial charge >= 0.3 is 0 Å². The molecule has 0 aromatic rings. The van der Waals surface area contributed by atoms with E-state index in [1.165, 1.54) is 19.3 Å². The molecule has 4 saturated carbocycles. The van der Waals surface area contributed by atoms with E-state index in [1.54, 1.807) is 0 Å². The van der Waals surface area contributed by atoms with Crippen LogP contribution in [0.4, 0.5) is 0 Å². The maximum Gasteiger partial charge on any atom is -0.0281 e. The van der Waals surface area contributed by atoms with Crippen LogP contribution in [0.25, 0.3) is 0 Å². The monoisotopic (exact) mass is 178 g/mol. The third-order valence-electron chi connectivity index (χ3n) is 5.58. The van der Waals surface area contributed by atoms with Gasteiger partial charge in [0.2, 0.25) is 0 Å². The zero-order chi connectivity index (χ0) is 9.43. The van der Waals surface area contributed by atoms with Gasteiger partial charge in [0.1, 0.15) is 0 Å². The quantitative estimate of drug-likeness (QED) is 0.530. The van der Waals surface area contributed by atoms with Crippen LogP contribution in [-0.4, -0.2) is 0 Å². The highest BCUT2D eigenvalue weighted by Crippen LogP contribution is 2.78. The summed E-state index contributed by atoms with van der Waals surface area (Å²) in [5.41, 5.74) is 1.51. The average molecular weight is 178 g/mol. The van der Waals surface area contributed by atoms with Gasteiger partial charge in [0, 0.05) is 0 Å². The van der Waals surface area contributed by atoms with Gasteiger partial charge in [-0.05, 0) is 53.8 Å². The Balaban J connectivity index is 2.02. The van der Waals surface area contributed by atoms with E-state index >= 15 is 0 Å². The van der Waals surface area contributed by atoms with Gasteiger partial charge in [-0.25, -0.2) is 0 Å². The molecule has 4 fully saturated rings. The van der Waals surface area contributed by atoms with E-state index in [0.717, 1.165) is 34.5 Å². The Labute approximate surface area is 82.1 Å². The lowest BCUT2D eigenvalue weighted by Gasteiger charge is -2.47. The predicted molar refractivity (Wildman–Crippen MR) is 55.4 cm³/mol. The summed E-state index contributed by atoms with van der Waals surface area (Å²) in [6, 6.07) is 0. The van der Waals surface area contributed by atoms with E-state index in [1.807, 2.05) is 0 Å². The first-order chi connectivity index (χ1) is 5.96. The first-order valence-electron chi connectivity index (χ1n) is 5.96. The zero-order valence-corrected chi connectivity index (χ0v) is 9.43. The summed E-state index contributed by atoms with van der Waals surface area (Å²) >= 11 is 0. The molecule has 0 aromatic heterocycles. The Kier molecular flexibility index (Phi) is 1.27. The maximum atomic E-state index is 2.55. The van der Waals surface area contributed by atoms with Gasteiger partial charge in [0.25, 0.3) is 0 Å². The summed E-state index contributed by atoms with van der Waals surface area (Å²) in [4.78, 5) is 0. The lowest BCUT2D eigenvalue weighted by molar-refractivity contribution is 0.0274.